The summed E-state index contributed by atoms with van der Waals surface area (Å²) in [5, 5.41) is 3.22. The molecule has 116 valence electrons. The Kier molecular flexibility index (Phi) is 6.30. The maximum atomic E-state index is 12.2. The first-order chi connectivity index (χ1) is 10.7. The predicted molar refractivity (Wildman–Crippen MR) is 88.2 cm³/mol. The minimum atomic E-state index is -1.28. The Morgan fingerprint density at radius 1 is 0.955 bits per heavy atom. The van der Waals surface area contributed by atoms with Crippen LogP contribution in [0.4, 0.5) is 0 Å². The molecular weight excluding hydrogens is 296 g/mol. The second-order valence-corrected chi connectivity index (χ2v) is 6.41. The van der Waals surface area contributed by atoms with E-state index in [9.17, 15) is 9.00 Å². The molecule has 22 heavy (non-hydrogen) atoms. The summed E-state index contributed by atoms with van der Waals surface area (Å²) in [6.45, 7) is 2.50. The Hall–Kier alpha value is -1.98. The van der Waals surface area contributed by atoms with Gasteiger partial charge >= 0.3 is 0 Å². The number of hydrogen-bond acceptors (Lipinski definition) is 3. The van der Waals surface area contributed by atoms with E-state index in [0.29, 0.717) is 15.4 Å². The molecule has 0 aliphatic carbocycles. The molecule has 0 aromatic heterocycles. The van der Waals surface area contributed by atoms with E-state index in [4.69, 9.17) is 5.73 Å². The van der Waals surface area contributed by atoms with Gasteiger partial charge < -0.3 is 11.1 Å². The number of carbonyl (C=O) groups is 1. The molecule has 0 saturated carbocycles. The van der Waals surface area contributed by atoms with Gasteiger partial charge in [-0.05, 0) is 56.3 Å². The van der Waals surface area contributed by atoms with Gasteiger partial charge in [0.05, 0.1) is 10.8 Å². The van der Waals surface area contributed by atoms with Crippen LogP contribution in [0.15, 0.2) is 64.4 Å². The van der Waals surface area contributed by atoms with Gasteiger partial charge in [-0.1, -0.05) is 24.3 Å². The summed E-state index contributed by atoms with van der Waals surface area (Å²) >= 11 is 0. The lowest BCUT2D eigenvalue weighted by molar-refractivity contribution is 0.1000. The number of hydrogen-bond donors (Lipinski definition) is 2. The Bertz CT molecular complexity index is 633. The van der Waals surface area contributed by atoms with E-state index in [-0.39, 0.29) is 0 Å². The van der Waals surface area contributed by atoms with Crippen LogP contribution in [0.2, 0.25) is 0 Å². The van der Waals surface area contributed by atoms with Crippen molar-refractivity contribution in [2.45, 2.75) is 22.6 Å². The minimum absolute atomic E-state index is 0.367. The minimum Gasteiger partial charge on any atom is -0.366 e. The SMILES string of the molecule is C1CCNC1.NC(=O)c1cccc(S(=O)c2ccccc2)c1. The van der Waals surface area contributed by atoms with E-state index < -0.39 is 16.7 Å². The average Bonchev–Trinajstić information content (AvgIpc) is 3.15. The largest absolute Gasteiger partial charge is 0.366 e. The van der Waals surface area contributed by atoms with Crippen molar-refractivity contribution in [1.29, 1.82) is 0 Å². The van der Waals surface area contributed by atoms with Crippen LogP contribution < -0.4 is 11.1 Å². The van der Waals surface area contributed by atoms with Crippen molar-refractivity contribution in [2.75, 3.05) is 13.1 Å². The van der Waals surface area contributed by atoms with Gasteiger partial charge in [-0.25, -0.2) is 4.21 Å². The highest BCUT2D eigenvalue weighted by molar-refractivity contribution is 7.85. The van der Waals surface area contributed by atoms with Gasteiger partial charge in [-0.3, -0.25) is 4.79 Å². The van der Waals surface area contributed by atoms with Crippen LogP contribution in [-0.4, -0.2) is 23.2 Å². The van der Waals surface area contributed by atoms with Crippen LogP contribution in [-0.2, 0) is 10.8 Å². The first-order valence-corrected chi connectivity index (χ1v) is 8.41. The normalized spacial score (nSPS) is 14.7. The smallest absolute Gasteiger partial charge is 0.248 e. The van der Waals surface area contributed by atoms with E-state index in [1.54, 1.807) is 36.4 Å². The standard InChI is InChI=1S/C13H11NO2S.C4H9N/c14-13(15)10-5-4-8-12(9-10)17(16)11-6-2-1-3-7-11;1-2-4-5-3-1/h1-9H,(H2,14,15);5H,1-4H2. The highest BCUT2D eigenvalue weighted by Crippen LogP contribution is 2.16. The summed E-state index contributed by atoms with van der Waals surface area (Å²) in [6, 6.07) is 15.6. The number of nitrogens with one attached hydrogen (secondary N) is 1. The summed E-state index contributed by atoms with van der Waals surface area (Å²) in [4.78, 5) is 12.3. The van der Waals surface area contributed by atoms with Crippen LogP contribution in [0.3, 0.4) is 0 Å². The van der Waals surface area contributed by atoms with Crippen molar-refractivity contribution in [2.24, 2.45) is 5.73 Å². The molecule has 0 spiro atoms. The molecule has 1 atom stereocenters. The monoisotopic (exact) mass is 316 g/mol. The molecule has 1 unspecified atom stereocenters. The molecule has 1 amide bonds. The van der Waals surface area contributed by atoms with Crippen molar-refractivity contribution >= 4 is 16.7 Å². The van der Waals surface area contributed by atoms with Crippen LogP contribution >= 0.6 is 0 Å². The number of primary amides is 1. The number of amides is 1. The third-order valence-electron chi connectivity index (χ3n) is 3.25. The van der Waals surface area contributed by atoms with Gasteiger partial charge in [0.15, 0.2) is 0 Å². The molecule has 3 rings (SSSR count). The molecule has 4 nitrogen and oxygen atoms in total. The van der Waals surface area contributed by atoms with Crippen LogP contribution in [0.25, 0.3) is 0 Å². The Morgan fingerprint density at radius 3 is 2.14 bits per heavy atom. The summed E-state index contributed by atoms with van der Waals surface area (Å²) in [6.07, 6.45) is 2.78. The Labute approximate surface area is 133 Å². The number of rotatable bonds is 3. The highest BCUT2D eigenvalue weighted by Gasteiger charge is 2.08. The molecule has 1 heterocycles. The van der Waals surface area contributed by atoms with Crippen molar-refractivity contribution in [3.05, 3.63) is 60.2 Å². The maximum Gasteiger partial charge on any atom is 0.248 e. The second kappa shape index (κ2) is 8.46. The fourth-order valence-corrected chi connectivity index (χ4v) is 3.18. The third-order valence-corrected chi connectivity index (χ3v) is 4.63. The predicted octanol–water partition coefficient (Wildman–Crippen LogP) is 2.32. The summed E-state index contributed by atoms with van der Waals surface area (Å²) in [5.74, 6) is -0.517. The molecule has 3 N–H and O–H groups in total. The van der Waals surface area contributed by atoms with Gasteiger partial charge in [0.2, 0.25) is 5.91 Å². The van der Waals surface area contributed by atoms with Gasteiger partial charge in [0.1, 0.15) is 0 Å². The zero-order valence-electron chi connectivity index (χ0n) is 12.3. The number of carbonyl (C=O) groups excluding carboxylic acids is 1. The fraction of sp³-hybridized carbons (Fsp3) is 0.235. The lowest BCUT2D eigenvalue weighted by atomic mass is 10.2. The summed E-state index contributed by atoms with van der Waals surface area (Å²) in [7, 11) is -1.28. The van der Waals surface area contributed by atoms with Crippen LogP contribution in [0.1, 0.15) is 23.2 Å². The Balaban J connectivity index is 0.000000299. The average molecular weight is 316 g/mol. The molecule has 0 radical (unpaired) electrons. The van der Waals surface area contributed by atoms with E-state index in [2.05, 4.69) is 5.32 Å². The first kappa shape index (κ1) is 16.4. The van der Waals surface area contributed by atoms with E-state index >= 15 is 0 Å². The highest BCUT2D eigenvalue weighted by atomic mass is 32.2. The fourth-order valence-electron chi connectivity index (χ4n) is 2.07. The summed E-state index contributed by atoms with van der Waals surface area (Å²) < 4.78 is 12.2. The van der Waals surface area contributed by atoms with Crippen molar-refractivity contribution in [3.63, 3.8) is 0 Å². The lowest BCUT2D eigenvalue weighted by Gasteiger charge is -2.03. The summed E-state index contributed by atoms with van der Waals surface area (Å²) in [5.41, 5.74) is 5.55. The van der Waals surface area contributed by atoms with E-state index in [1.807, 2.05) is 18.2 Å². The first-order valence-electron chi connectivity index (χ1n) is 7.26. The molecule has 2 aromatic carbocycles. The van der Waals surface area contributed by atoms with E-state index in [0.717, 1.165) is 0 Å². The second-order valence-electron chi connectivity index (χ2n) is 4.93. The van der Waals surface area contributed by atoms with Crippen molar-refractivity contribution < 1.29 is 9.00 Å². The van der Waals surface area contributed by atoms with Crippen LogP contribution in [0.5, 0.6) is 0 Å². The lowest BCUT2D eigenvalue weighted by Crippen LogP contribution is -2.11. The van der Waals surface area contributed by atoms with Crippen molar-refractivity contribution in [1.82, 2.24) is 5.32 Å². The topological polar surface area (TPSA) is 72.2 Å². The number of nitrogens with two attached hydrogens (primary N) is 1. The molecular formula is C17H20N2O2S. The van der Waals surface area contributed by atoms with Crippen LogP contribution in [0, 0.1) is 0 Å². The third kappa shape index (κ3) is 4.79. The molecule has 1 aliphatic rings. The number of benzene rings is 2. The molecule has 5 heteroatoms. The molecule has 2 aromatic rings. The van der Waals surface area contributed by atoms with Gasteiger partial charge in [0, 0.05) is 15.4 Å². The Morgan fingerprint density at radius 2 is 1.59 bits per heavy atom. The molecule has 0 bridgehead atoms. The zero-order valence-corrected chi connectivity index (χ0v) is 13.1. The molecule has 1 fully saturated rings. The quantitative estimate of drug-likeness (QED) is 0.913. The molecule has 1 saturated heterocycles. The van der Waals surface area contributed by atoms with Gasteiger partial charge in [0.25, 0.3) is 0 Å². The van der Waals surface area contributed by atoms with Gasteiger partial charge in [-0.15, -0.1) is 0 Å². The zero-order chi connectivity index (χ0) is 15.8. The van der Waals surface area contributed by atoms with Gasteiger partial charge in [-0.2, -0.15) is 0 Å². The van der Waals surface area contributed by atoms with E-state index in [1.165, 1.54) is 25.9 Å². The molecule has 1 aliphatic heterocycles. The van der Waals surface area contributed by atoms with Crippen molar-refractivity contribution in [3.8, 4) is 0 Å². The maximum absolute atomic E-state index is 12.2.